The third-order valence-electron chi connectivity index (χ3n) is 3.35. The van der Waals surface area contributed by atoms with Crippen molar-refractivity contribution in [1.82, 2.24) is 15.1 Å². The molecule has 7 heteroatoms. The molecule has 1 aliphatic rings. The van der Waals surface area contributed by atoms with Crippen molar-refractivity contribution >= 4 is 11.6 Å². The number of amides is 1. The molecule has 19 heavy (non-hydrogen) atoms. The summed E-state index contributed by atoms with van der Waals surface area (Å²) in [6.07, 6.45) is 0.523. The molecule has 1 fully saturated rings. The van der Waals surface area contributed by atoms with Crippen LogP contribution in [0.4, 0.5) is 5.69 Å². The summed E-state index contributed by atoms with van der Waals surface area (Å²) < 4.78 is 6.69. The zero-order valence-corrected chi connectivity index (χ0v) is 11.3. The van der Waals surface area contributed by atoms with Gasteiger partial charge in [0, 0.05) is 26.1 Å². The van der Waals surface area contributed by atoms with Crippen LogP contribution in [0, 0.1) is 6.92 Å². The van der Waals surface area contributed by atoms with E-state index in [-0.39, 0.29) is 19.1 Å². The maximum atomic E-state index is 12.2. The summed E-state index contributed by atoms with van der Waals surface area (Å²) in [5.74, 6) is -0.319. The van der Waals surface area contributed by atoms with E-state index < -0.39 is 5.60 Å². The Kier molecular flexibility index (Phi) is 3.77. The van der Waals surface area contributed by atoms with E-state index in [9.17, 15) is 9.90 Å². The first kappa shape index (κ1) is 13.8. The lowest BCUT2D eigenvalue weighted by atomic mass is 10.0. The van der Waals surface area contributed by atoms with Crippen LogP contribution in [0.2, 0.25) is 0 Å². The molecule has 1 aromatic heterocycles. The Morgan fingerprint density at radius 3 is 3.00 bits per heavy atom. The molecule has 0 radical (unpaired) electrons. The topological polar surface area (TPSA) is 102 Å². The van der Waals surface area contributed by atoms with Crippen LogP contribution in [0.3, 0.4) is 0 Å². The monoisotopic (exact) mass is 268 g/mol. The summed E-state index contributed by atoms with van der Waals surface area (Å²) in [6, 6.07) is 0. The number of ether oxygens (including phenoxy) is 1. The lowest BCUT2D eigenvalue weighted by molar-refractivity contribution is 0.0263. The zero-order chi connectivity index (χ0) is 14.0. The molecule has 2 heterocycles. The first-order valence-electron chi connectivity index (χ1n) is 6.38. The molecule has 4 N–H and O–H groups in total. The second-order valence-corrected chi connectivity index (χ2v) is 4.87. The van der Waals surface area contributed by atoms with E-state index in [0.29, 0.717) is 36.6 Å². The zero-order valence-electron chi connectivity index (χ0n) is 11.3. The molecule has 1 aromatic rings. The fourth-order valence-corrected chi connectivity index (χ4v) is 2.13. The van der Waals surface area contributed by atoms with Crippen LogP contribution in [0.15, 0.2) is 0 Å². The van der Waals surface area contributed by atoms with Crippen molar-refractivity contribution in [3.05, 3.63) is 11.4 Å². The van der Waals surface area contributed by atoms with E-state index in [0.717, 1.165) is 0 Å². The second-order valence-electron chi connectivity index (χ2n) is 4.87. The highest BCUT2D eigenvalue weighted by Crippen LogP contribution is 2.19. The van der Waals surface area contributed by atoms with Crippen molar-refractivity contribution in [2.75, 3.05) is 25.5 Å². The third-order valence-corrected chi connectivity index (χ3v) is 3.35. The van der Waals surface area contributed by atoms with Crippen LogP contribution in [-0.4, -0.2) is 46.2 Å². The van der Waals surface area contributed by atoms with E-state index in [1.807, 2.05) is 6.92 Å². The molecule has 1 unspecified atom stereocenters. The minimum absolute atomic E-state index is 0.152. The predicted molar refractivity (Wildman–Crippen MR) is 69.8 cm³/mol. The lowest BCUT2D eigenvalue weighted by Gasteiger charge is -2.20. The van der Waals surface area contributed by atoms with Crippen LogP contribution in [-0.2, 0) is 11.3 Å². The standard InChI is InChI=1S/C12H20N4O3/c1-3-16-10(9(13)8(2)15-16)11(17)14-6-12(18)4-5-19-7-12/h18H,3-7,13H2,1-2H3,(H,14,17). The highest BCUT2D eigenvalue weighted by atomic mass is 16.5. The molecule has 0 spiro atoms. The van der Waals surface area contributed by atoms with Gasteiger partial charge in [0.05, 0.1) is 18.0 Å². The molecule has 1 aliphatic heterocycles. The first-order chi connectivity index (χ1) is 8.97. The smallest absolute Gasteiger partial charge is 0.271 e. The maximum Gasteiger partial charge on any atom is 0.271 e. The van der Waals surface area contributed by atoms with Crippen molar-refractivity contribution < 1.29 is 14.6 Å². The van der Waals surface area contributed by atoms with Gasteiger partial charge in [-0.1, -0.05) is 0 Å². The van der Waals surface area contributed by atoms with Crippen LogP contribution >= 0.6 is 0 Å². The van der Waals surface area contributed by atoms with Gasteiger partial charge in [-0.05, 0) is 13.8 Å². The van der Waals surface area contributed by atoms with E-state index in [4.69, 9.17) is 10.5 Å². The van der Waals surface area contributed by atoms with Crippen molar-refractivity contribution in [1.29, 1.82) is 0 Å². The number of aryl methyl sites for hydroxylation is 2. The van der Waals surface area contributed by atoms with Gasteiger partial charge in [0.25, 0.3) is 5.91 Å². The lowest BCUT2D eigenvalue weighted by Crippen LogP contribution is -2.43. The molecule has 0 bridgehead atoms. The summed E-state index contributed by atoms with van der Waals surface area (Å²) in [6.45, 7) is 5.13. The minimum Gasteiger partial charge on any atom is -0.395 e. The van der Waals surface area contributed by atoms with E-state index in [1.54, 1.807) is 11.6 Å². The Bertz CT molecular complexity index is 478. The normalized spacial score (nSPS) is 22.7. The highest BCUT2D eigenvalue weighted by molar-refractivity contribution is 5.98. The largest absolute Gasteiger partial charge is 0.395 e. The number of nitrogens with zero attached hydrogens (tertiary/aromatic N) is 2. The molecule has 0 aromatic carbocycles. The van der Waals surface area contributed by atoms with Crippen LogP contribution in [0.5, 0.6) is 0 Å². The van der Waals surface area contributed by atoms with Gasteiger partial charge in [-0.15, -0.1) is 0 Å². The van der Waals surface area contributed by atoms with Gasteiger partial charge in [-0.3, -0.25) is 9.48 Å². The number of aliphatic hydroxyl groups is 1. The van der Waals surface area contributed by atoms with Crippen molar-refractivity contribution in [2.45, 2.75) is 32.4 Å². The molecule has 1 saturated heterocycles. The third kappa shape index (κ3) is 2.71. The number of nitrogens with one attached hydrogen (secondary N) is 1. The number of nitrogen functional groups attached to an aromatic ring is 1. The van der Waals surface area contributed by atoms with Gasteiger partial charge < -0.3 is 20.9 Å². The van der Waals surface area contributed by atoms with Gasteiger partial charge >= 0.3 is 0 Å². The van der Waals surface area contributed by atoms with Gasteiger partial charge in [-0.25, -0.2) is 0 Å². The number of nitrogens with two attached hydrogens (primary N) is 1. The molecule has 106 valence electrons. The molecular formula is C12H20N4O3. The van der Waals surface area contributed by atoms with Gasteiger partial charge in [0.15, 0.2) is 0 Å². The molecule has 2 rings (SSSR count). The first-order valence-corrected chi connectivity index (χ1v) is 6.38. The van der Waals surface area contributed by atoms with Gasteiger partial charge in [0.1, 0.15) is 11.3 Å². The Balaban J connectivity index is 2.07. The predicted octanol–water partition coefficient (Wildman–Crippen LogP) is -0.325. The van der Waals surface area contributed by atoms with Crippen molar-refractivity contribution in [3.8, 4) is 0 Å². The summed E-state index contributed by atoms with van der Waals surface area (Å²) >= 11 is 0. The number of rotatable bonds is 4. The number of hydrogen-bond acceptors (Lipinski definition) is 5. The molecule has 7 nitrogen and oxygen atoms in total. The minimum atomic E-state index is -0.976. The fourth-order valence-electron chi connectivity index (χ4n) is 2.13. The fraction of sp³-hybridized carbons (Fsp3) is 0.667. The Labute approximate surface area is 111 Å². The van der Waals surface area contributed by atoms with Crippen molar-refractivity contribution in [2.24, 2.45) is 0 Å². The Morgan fingerprint density at radius 1 is 1.68 bits per heavy atom. The average molecular weight is 268 g/mol. The van der Waals surface area contributed by atoms with Gasteiger partial charge in [0.2, 0.25) is 0 Å². The summed E-state index contributed by atoms with van der Waals surface area (Å²) in [4.78, 5) is 12.2. The van der Waals surface area contributed by atoms with Gasteiger partial charge in [-0.2, -0.15) is 5.10 Å². The SMILES string of the molecule is CCn1nc(C)c(N)c1C(=O)NCC1(O)CCOC1. The number of aromatic nitrogens is 2. The molecule has 0 saturated carbocycles. The highest BCUT2D eigenvalue weighted by Gasteiger charge is 2.33. The van der Waals surface area contributed by atoms with Crippen LogP contribution < -0.4 is 11.1 Å². The molecule has 1 amide bonds. The number of anilines is 1. The Hall–Kier alpha value is -1.60. The number of hydrogen-bond donors (Lipinski definition) is 3. The molecule has 1 atom stereocenters. The van der Waals surface area contributed by atoms with Crippen LogP contribution in [0.1, 0.15) is 29.5 Å². The van der Waals surface area contributed by atoms with Crippen LogP contribution in [0.25, 0.3) is 0 Å². The van der Waals surface area contributed by atoms with E-state index >= 15 is 0 Å². The second kappa shape index (κ2) is 5.18. The Morgan fingerprint density at radius 2 is 2.42 bits per heavy atom. The van der Waals surface area contributed by atoms with Crippen molar-refractivity contribution in [3.63, 3.8) is 0 Å². The summed E-state index contributed by atoms with van der Waals surface area (Å²) in [5.41, 5.74) is 6.26. The summed E-state index contributed by atoms with van der Waals surface area (Å²) in [5, 5.41) is 17.0. The average Bonchev–Trinajstić information content (AvgIpc) is 2.93. The summed E-state index contributed by atoms with van der Waals surface area (Å²) in [7, 11) is 0. The van der Waals surface area contributed by atoms with E-state index in [2.05, 4.69) is 10.4 Å². The quantitative estimate of drug-likeness (QED) is 0.694. The van der Waals surface area contributed by atoms with E-state index in [1.165, 1.54) is 0 Å². The number of carbonyl (C=O) groups excluding carboxylic acids is 1. The molecular weight excluding hydrogens is 248 g/mol. The number of carbonyl (C=O) groups is 1. The molecule has 0 aliphatic carbocycles. The maximum absolute atomic E-state index is 12.2.